The van der Waals surface area contributed by atoms with Crippen LogP contribution in [0, 0.1) is 0 Å². The van der Waals surface area contributed by atoms with Crippen molar-refractivity contribution in [1.29, 1.82) is 0 Å². The van der Waals surface area contributed by atoms with Gasteiger partial charge in [-0.2, -0.15) is 0 Å². The lowest BCUT2D eigenvalue weighted by atomic mass is 10.1. The number of nitrogens with zero attached hydrogens (tertiary/aromatic N) is 3. The van der Waals surface area contributed by atoms with Crippen LogP contribution in [-0.2, 0) is 25.7 Å². The molecule has 1 saturated heterocycles. The topological polar surface area (TPSA) is 132 Å². The van der Waals surface area contributed by atoms with Crippen molar-refractivity contribution in [2.75, 3.05) is 25.0 Å². The van der Waals surface area contributed by atoms with Crippen LogP contribution in [0.4, 0.5) is 5.82 Å². The summed E-state index contributed by atoms with van der Waals surface area (Å²) < 4.78 is 7.50. The molecule has 41 heavy (non-hydrogen) atoms. The maximum atomic E-state index is 13.8. The van der Waals surface area contributed by atoms with Crippen LogP contribution >= 0.6 is 0 Å². The lowest BCUT2D eigenvalue weighted by molar-refractivity contribution is -0.133. The van der Waals surface area contributed by atoms with Crippen molar-refractivity contribution in [1.82, 2.24) is 19.8 Å². The fraction of sp³-hybridized carbons (Fsp3) is 0.419. The number of rotatable bonds is 11. The van der Waals surface area contributed by atoms with Gasteiger partial charge in [0.25, 0.3) is 5.91 Å². The predicted octanol–water partition coefficient (Wildman–Crippen LogP) is 3.25. The normalized spacial score (nSPS) is 15.4. The minimum Gasteiger partial charge on any atom is -0.374 e. The fourth-order valence-electron chi connectivity index (χ4n) is 4.69. The van der Waals surface area contributed by atoms with Gasteiger partial charge in [0, 0.05) is 19.3 Å². The Morgan fingerprint density at radius 1 is 0.976 bits per heavy atom. The van der Waals surface area contributed by atoms with E-state index in [2.05, 4.69) is 15.6 Å². The summed E-state index contributed by atoms with van der Waals surface area (Å²) in [7, 11) is 0. The molecule has 2 aromatic carbocycles. The molecule has 0 bridgehead atoms. The molecule has 3 aromatic rings. The number of nitrogens with one attached hydrogen (secondary N) is 2. The van der Waals surface area contributed by atoms with Gasteiger partial charge in [0.15, 0.2) is 5.82 Å². The summed E-state index contributed by atoms with van der Waals surface area (Å²) in [5, 5.41) is 5.46. The Hall–Kier alpha value is -4.02. The van der Waals surface area contributed by atoms with Gasteiger partial charge in [0.2, 0.25) is 11.8 Å². The Kier molecular flexibility index (Phi) is 10.3. The Balaban J connectivity index is 1.50. The van der Waals surface area contributed by atoms with Crippen LogP contribution in [0.25, 0.3) is 0 Å². The fourth-order valence-corrected chi connectivity index (χ4v) is 4.69. The molecule has 3 amide bonds. The van der Waals surface area contributed by atoms with E-state index < -0.39 is 29.4 Å². The second-order valence-electron chi connectivity index (χ2n) is 11.0. The molecule has 0 spiro atoms. The van der Waals surface area contributed by atoms with Gasteiger partial charge in [0.05, 0.1) is 25.1 Å². The molecule has 1 aliphatic rings. The second-order valence-corrected chi connectivity index (χ2v) is 11.0. The molecule has 2 heterocycles. The molecule has 10 nitrogen and oxygen atoms in total. The van der Waals surface area contributed by atoms with Crippen molar-refractivity contribution in [3.05, 3.63) is 84.3 Å². The average molecular weight is 561 g/mol. The summed E-state index contributed by atoms with van der Waals surface area (Å²) in [6.45, 7) is 4.79. The standard InChI is InChI=1S/C31H40N6O4/c1-31(2,32)30(40)34-25(21-41-20-23-13-7-5-8-14-23)28(38)35-26-19-37(22-33-26)27(24-15-9-6-10-16-24)29(39)36-17-11-3-4-12-18-36/h5-10,13-16,19,22,25,27H,3-4,11-12,17-18,20-21,32H2,1-2H3,(H,34,40)(H,35,38)/t25-,27?/m1/s1. The number of nitrogens with two attached hydrogens (primary N) is 1. The molecule has 0 aliphatic carbocycles. The molecular weight excluding hydrogens is 520 g/mol. The third kappa shape index (κ3) is 8.48. The number of aromatic nitrogens is 2. The highest BCUT2D eigenvalue weighted by Crippen LogP contribution is 2.24. The Bertz CT molecular complexity index is 1280. The van der Waals surface area contributed by atoms with E-state index in [4.69, 9.17) is 10.5 Å². The molecule has 0 radical (unpaired) electrons. The Morgan fingerprint density at radius 3 is 2.24 bits per heavy atom. The van der Waals surface area contributed by atoms with Crippen LogP contribution in [0.15, 0.2) is 73.2 Å². The van der Waals surface area contributed by atoms with E-state index in [1.165, 1.54) is 0 Å². The number of amides is 3. The van der Waals surface area contributed by atoms with Gasteiger partial charge in [-0.1, -0.05) is 73.5 Å². The summed E-state index contributed by atoms with van der Waals surface area (Å²) in [6, 6.07) is 17.5. The summed E-state index contributed by atoms with van der Waals surface area (Å²) in [5.41, 5.74) is 6.55. The maximum absolute atomic E-state index is 13.8. The molecule has 4 N–H and O–H groups in total. The quantitative estimate of drug-likeness (QED) is 0.330. The first-order valence-electron chi connectivity index (χ1n) is 14.1. The van der Waals surface area contributed by atoms with Crippen molar-refractivity contribution in [2.45, 2.75) is 63.8 Å². The highest BCUT2D eigenvalue weighted by molar-refractivity contribution is 5.98. The van der Waals surface area contributed by atoms with Crippen molar-refractivity contribution in [3.8, 4) is 0 Å². The largest absolute Gasteiger partial charge is 0.374 e. The van der Waals surface area contributed by atoms with Gasteiger partial charge < -0.3 is 30.6 Å². The highest BCUT2D eigenvalue weighted by Gasteiger charge is 2.30. The monoisotopic (exact) mass is 560 g/mol. The molecule has 2 atom stereocenters. The third-order valence-corrected chi connectivity index (χ3v) is 7.02. The first kappa shape index (κ1) is 30.0. The molecule has 4 rings (SSSR count). The van der Waals surface area contributed by atoms with Crippen molar-refractivity contribution < 1.29 is 19.1 Å². The van der Waals surface area contributed by atoms with E-state index in [1.54, 1.807) is 30.9 Å². The molecule has 1 aromatic heterocycles. The second kappa shape index (κ2) is 14.0. The van der Waals surface area contributed by atoms with Gasteiger partial charge in [-0.15, -0.1) is 0 Å². The van der Waals surface area contributed by atoms with Gasteiger partial charge in [-0.3, -0.25) is 14.4 Å². The number of imidazole rings is 1. The number of carbonyl (C=O) groups excluding carboxylic acids is 3. The van der Waals surface area contributed by atoms with Crippen LogP contribution in [0.2, 0.25) is 0 Å². The Morgan fingerprint density at radius 2 is 1.61 bits per heavy atom. The van der Waals surface area contributed by atoms with Crippen LogP contribution in [0.5, 0.6) is 0 Å². The van der Waals surface area contributed by atoms with Crippen LogP contribution in [0.1, 0.15) is 56.7 Å². The van der Waals surface area contributed by atoms with Gasteiger partial charge >= 0.3 is 0 Å². The summed E-state index contributed by atoms with van der Waals surface area (Å²) in [4.78, 5) is 46.0. The van der Waals surface area contributed by atoms with Gasteiger partial charge in [-0.05, 0) is 37.8 Å². The van der Waals surface area contributed by atoms with Crippen molar-refractivity contribution in [2.24, 2.45) is 5.73 Å². The van der Waals surface area contributed by atoms with E-state index >= 15 is 0 Å². The molecule has 10 heteroatoms. The maximum Gasteiger partial charge on any atom is 0.250 e. The third-order valence-electron chi connectivity index (χ3n) is 7.02. The molecule has 1 fully saturated rings. The number of anilines is 1. The molecule has 0 saturated carbocycles. The van der Waals surface area contributed by atoms with E-state index in [1.807, 2.05) is 65.6 Å². The number of hydrogen-bond donors (Lipinski definition) is 3. The highest BCUT2D eigenvalue weighted by atomic mass is 16.5. The van der Waals surface area contributed by atoms with Gasteiger partial charge in [-0.25, -0.2) is 4.98 Å². The van der Waals surface area contributed by atoms with E-state index in [0.29, 0.717) is 0 Å². The van der Waals surface area contributed by atoms with Crippen molar-refractivity contribution >= 4 is 23.5 Å². The average Bonchev–Trinajstić information content (AvgIpc) is 3.23. The smallest absolute Gasteiger partial charge is 0.250 e. The lowest BCUT2D eigenvalue weighted by Crippen LogP contribution is -2.56. The summed E-state index contributed by atoms with van der Waals surface area (Å²) in [6.07, 6.45) is 7.40. The minimum absolute atomic E-state index is 0.00185. The van der Waals surface area contributed by atoms with E-state index in [0.717, 1.165) is 49.9 Å². The van der Waals surface area contributed by atoms with Crippen LogP contribution in [0.3, 0.4) is 0 Å². The number of hydrogen-bond acceptors (Lipinski definition) is 6. The van der Waals surface area contributed by atoms with E-state index in [9.17, 15) is 14.4 Å². The van der Waals surface area contributed by atoms with Gasteiger partial charge in [0.1, 0.15) is 12.1 Å². The number of benzene rings is 2. The van der Waals surface area contributed by atoms with Crippen LogP contribution in [-0.4, -0.2) is 63.4 Å². The van der Waals surface area contributed by atoms with E-state index in [-0.39, 0.29) is 24.9 Å². The SMILES string of the molecule is CC(C)(N)C(=O)N[C@H](COCc1ccccc1)C(=O)Nc1cn(C(C(=O)N2CCCCCC2)c2ccccc2)cn1. The van der Waals surface area contributed by atoms with Crippen LogP contribution < -0.4 is 16.4 Å². The number of ether oxygens (including phenoxy) is 1. The number of likely N-dealkylation sites (tertiary alicyclic amines) is 1. The minimum atomic E-state index is -1.18. The summed E-state index contributed by atoms with van der Waals surface area (Å²) in [5.74, 6) is -0.735. The zero-order valence-corrected chi connectivity index (χ0v) is 23.8. The number of carbonyl (C=O) groups is 3. The Labute approximate surface area is 241 Å². The first-order chi connectivity index (χ1) is 19.7. The van der Waals surface area contributed by atoms with Crippen molar-refractivity contribution in [3.63, 3.8) is 0 Å². The molecule has 1 unspecified atom stereocenters. The molecular formula is C31H40N6O4. The zero-order chi connectivity index (χ0) is 29.2. The zero-order valence-electron chi connectivity index (χ0n) is 23.8. The summed E-state index contributed by atoms with van der Waals surface area (Å²) >= 11 is 0. The predicted molar refractivity (Wildman–Crippen MR) is 157 cm³/mol. The first-order valence-corrected chi connectivity index (χ1v) is 14.1. The molecule has 218 valence electrons. The molecule has 1 aliphatic heterocycles. The lowest BCUT2D eigenvalue weighted by Gasteiger charge is -2.27.